The molecule has 0 aliphatic carbocycles. The summed E-state index contributed by atoms with van der Waals surface area (Å²) < 4.78 is 13.5. The van der Waals surface area contributed by atoms with E-state index in [4.69, 9.17) is 0 Å². The number of aryl methyl sites for hydroxylation is 2. The van der Waals surface area contributed by atoms with Crippen molar-refractivity contribution in [3.63, 3.8) is 0 Å². The molecule has 7 heteroatoms. The number of hydrogen-bond donors (Lipinski definition) is 2. The van der Waals surface area contributed by atoms with Crippen LogP contribution in [-0.2, 0) is 6.54 Å². The molecule has 0 bridgehead atoms. The molecule has 0 unspecified atom stereocenters. The Bertz CT molecular complexity index is 1180. The van der Waals surface area contributed by atoms with Gasteiger partial charge in [0, 0.05) is 23.6 Å². The Morgan fingerprint density at radius 1 is 1.21 bits per heavy atom. The van der Waals surface area contributed by atoms with Crippen molar-refractivity contribution in [2.45, 2.75) is 20.4 Å². The lowest BCUT2D eigenvalue weighted by atomic mass is 10.1. The molecule has 0 fully saturated rings. The minimum atomic E-state index is -0.515. The second-order valence-corrected chi connectivity index (χ2v) is 6.55. The van der Waals surface area contributed by atoms with E-state index in [1.165, 1.54) is 18.6 Å². The van der Waals surface area contributed by atoms with Crippen LogP contribution in [0.15, 0.2) is 48.9 Å². The topological polar surface area (TPSA) is 83.6 Å². The standard InChI is InChI=1S/C21H18FN5O/c1-12-15-8-14(9-24-21(28)16-10-23-11-25-13(16)2)6-7-17(15)27-20(12)18-4-3-5-19(22)26-18/h3-8,10-11,27H,9H2,1-2H3,(H,24,28). The number of hydrogen-bond acceptors (Lipinski definition) is 4. The maximum Gasteiger partial charge on any atom is 0.254 e. The van der Waals surface area contributed by atoms with E-state index in [-0.39, 0.29) is 5.91 Å². The van der Waals surface area contributed by atoms with Gasteiger partial charge >= 0.3 is 0 Å². The first kappa shape index (κ1) is 17.8. The van der Waals surface area contributed by atoms with Crippen LogP contribution in [-0.4, -0.2) is 25.8 Å². The summed E-state index contributed by atoms with van der Waals surface area (Å²) >= 11 is 0. The van der Waals surface area contributed by atoms with Crippen LogP contribution in [0, 0.1) is 19.8 Å². The van der Waals surface area contributed by atoms with Gasteiger partial charge in [0.1, 0.15) is 6.33 Å². The van der Waals surface area contributed by atoms with Crippen LogP contribution >= 0.6 is 0 Å². The van der Waals surface area contributed by atoms with Crippen molar-refractivity contribution >= 4 is 16.8 Å². The zero-order valence-electron chi connectivity index (χ0n) is 15.5. The quantitative estimate of drug-likeness (QED) is 0.533. The first-order valence-corrected chi connectivity index (χ1v) is 8.82. The summed E-state index contributed by atoms with van der Waals surface area (Å²) in [5.41, 5.74) is 5.30. The molecule has 1 aromatic carbocycles. The highest BCUT2D eigenvalue weighted by Crippen LogP contribution is 2.29. The van der Waals surface area contributed by atoms with Crippen LogP contribution in [0.5, 0.6) is 0 Å². The van der Waals surface area contributed by atoms with Crippen molar-refractivity contribution < 1.29 is 9.18 Å². The minimum absolute atomic E-state index is 0.214. The number of benzene rings is 1. The van der Waals surface area contributed by atoms with E-state index < -0.39 is 5.95 Å². The molecule has 0 spiro atoms. The lowest BCUT2D eigenvalue weighted by Crippen LogP contribution is -2.24. The molecule has 0 saturated heterocycles. The monoisotopic (exact) mass is 375 g/mol. The Hall–Kier alpha value is -3.61. The van der Waals surface area contributed by atoms with Gasteiger partial charge in [0.05, 0.1) is 22.6 Å². The van der Waals surface area contributed by atoms with Crippen molar-refractivity contribution in [1.29, 1.82) is 0 Å². The Morgan fingerprint density at radius 3 is 2.86 bits per heavy atom. The van der Waals surface area contributed by atoms with E-state index in [2.05, 4.69) is 25.3 Å². The van der Waals surface area contributed by atoms with Gasteiger partial charge in [0.15, 0.2) is 0 Å². The molecule has 1 amide bonds. The number of amides is 1. The number of pyridine rings is 1. The molecule has 0 atom stereocenters. The van der Waals surface area contributed by atoms with Crippen LogP contribution in [0.4, 0.5) is 4.39 Å². The van der Waals surface area contributed by atoms with E-state index >= 15 is 0 Å². The first-order valence-electron chi connectivity index (χ1n) is 8.82. The molecule has 0 aliphatic heterocycles. The van der Waals surface area contributed by atoms with Crippen molar-refractivity contribution in [3.8, 4) is 11.4 Å². The van der Waals surface area contributed by atoms with Gasteiger partial charge in [-0.1, -0.05) is 12.1 Å². The summed E-state index contributed by atoms with van der Waals surface area (Å²) in [6.07, 6.45) is 2.93. The van der Waals surface area contributed by atoms with E-state index in [9.17, 15) is 9.18 Å². The number of aromatic nitrogens is 4. The molecule has 0 saturated carbocycles. The third-order valence-electron chi connectivity index (χ3n) is 4.70. The van der Waals surface area contributed by atoms with Crippen LogP contribution in [0.3, 0.4) is 0 Å². The van der Waals surface area contributed by atoms with Gasteiger partial charge in [-0.15, -0.1) is 0 Å². The molecule has 0 radical (unpaired) electrons. The van der Waals surface area contributed by atoms with Gasteiger partial charge in [-0.25, -0.2) is 15.0 Å². The summed E-state index contributed by atoms with van der Waals surface area (Å²) in [5.74, 6) is -0.729. The Balaban J connectivity index is 1.59. The molecule has 2 N–H and O–H groups in total. The van der Waals surface area contributed by atoms with Crippen LogP contribution < -0.4 is 5.32 Å². The fraction of sp³-hybridized carbons (Fsp3) is 0.143. The third-order valence-corrected chi connectivity index (χ3v) is 4.70. The van der Waals surface area contributed by atoms with E-state index in [1.807, 2.05) is 25.1 Å². The first-order chi connectivity index (χ1) is 13.5. The summed E-state index contributed by atoms with van der Waals surface area (Å²) in [5, 5.41) is 3.90. The van der Waals surface area contributed by atoms with Crippen molar-refractivity contribution in [2.24, 2.45) is 0 Å². The zero-order valence-corrected chi connectivity index (χ0v) is 15.5. The minimum Gasteiger partial charge on any atom is -0.353 e. The number of carbonyl (C=O) groups is 1. The van der Waals surface area contributed by atoms with Crippen LogP contribution in [0.25, 0.3) is 22.3 Å². The highest BCUT2D eigenvalue weighted by Gasteiger charge is 2.13. The predicted octanol–water partition coefficient (Wildman–Crippen LogP) is 3.71. The maximum atomic E-state index is 13.5. The lowest BCUT2D eigenvalue weighted by molar-refractivity contribution is 0.0949. The average molecular weight is 375 g/mol. The van der Waals surface area contributed by atoms with Gasteiger partial charge in [-0.3, -0.25) is 4.79 Å². The Labute approximate surface area is 160 Å². The number of nitrogens with one attached hydrogen (secondary N) is 2. The number of halogens is 1. The largest absolute Gasteiger partial charge is 0.353 e. The van der Waals surface area contributed by atoms with Gasteiger partial charge in [0.2, 0.25) is 5.95 Å². The van der Waals surface area contributed by atoms with Crippen LogP contribution in [0.1, 0.15) is 27.2 Å². The van der Waals surface area contributed by atoms with E-state index in [0.29, 0.717) is 23.5 Å². The van der Waals surface area contributed by atoms with Crippen LogP contribution in [0.2, 0.25) is 0 Å². The molecule has 4 rings (SSSR count). The smallest absolute Gasteiger partial charge is 0.254 e. The molecule has 0 aliphatic rings. The predicted molar refractivity (Wildman–Crippen MR) is 104 cm³/mol. The molecule has 3 heterocycles. The highest BCUT2D eigenvalue weighted by molar-refractivity contribution is 5.95. The summed E-state index contributed by atoms with van der Waals surface area (Å²) in [6.45, 7) is 4.11. The summed E-state index contributed by atoms with van der Waals surface area (Å²) in [6, 6.07) is 10.6. The molecule has 140 valence electrons. The van der Waals surface area contributed by atoms with Gasteiger partial charge in [-0.2, -0.15) is 4.39 Å². The number of H-pyrrole nitrogens is 1. The van der Waals surface area contributed by atoms with Gasteiger partial charge < -0.3 is 10.3 Å². The highest BCUT2D eigenvalue weighted by atomic mass is 19.1. The summed E-state index contributed by atoms with van der Waals surface area (Å²) in [4.78, 5) is 27.5. The number of carbonyl (C=O) groups excluding carboxylic acids is 1. The molecule has 6 nitrogen and oxygen atoms in total. The summed E-state index contributed by atoms with van der Waals surface area (Å²) in [7, 11) is 0. The number of rotatable bonds is 4. The SMILES string of the molecule is Cc1ncncc1C(=O)NCc1ccc2[nH]c(-c3cccc(F)n3)c(C)c2c1. The second-order valence-electron chi connectivity index (χ2n) is 6.55. The van der Waals surface area contributed by atoms with E-state index in [1.54, 1.807) is 19.1 Å². The number of aromatic amines is 1. The van der Waals surface area contributed by atoms with Gasteiger partial charge in [0.25, 0.3) is 5.91 Å². The van der Waals surface area contributed by atoms with E-state index in [0.717, 1.165) is 27.7 Å². The van der Waals surface area contributed by atoms with Crippen molar-refractivity contribution in [3.05, 3.63) is 77.3 Å². The second kappa shape index (κ2) is 7.19. The number of fused-ring (bicyclic) bond motifs is 1. The van der Waals surface area contributed by atoms with Crippen molar-refractivity contribution in [2.75, 3.05) is 0 Å². The third kappa shape index (κ3) is 3.34. The normalized spacial score (nSPS) is 11.0. The zero-order chi connectivity index (χ0) is 19.7. The molecular weight excluding hydrogens is 357 g/mol. The Kier molecular flexibility index (Phi) is 4.57. The lowest BCUT2D eigenvalue weighted by Gasteiger charge is -2.07. The average Bonchev–Trinajstić information content (AvgIpc) is 3.03. The molecule has 28 heavy (non-hydrogen) atoms. The van der Waals surface area contributed by atoms with Gasteiger partial charge in [-0.05, 0) is 49.2 Å². The molecule has 3 aromatic heterocycles. The molecular formula is C21H18FN5O. The fourth-order valence-electron chi connectivity index (χ4n) is 3.18. The Morgan fingerprint density at radius 2 is 2.07 bits per heavy atom. The molecule has 4 aromatic rings. The number of nitrogens with zero attached hydrogens (tertiary/aromatic N) is 3. The fourth-order valence-corrected chi connectivity index (χ4v) is 3.18. The maximum absolute atomic E-state index is 13.5. The van der Waals surface area contributed by atoms with Crippen molar-refractivity contribution in [1.82, 2.24) is 25.3 Å².